The number of amides is 1. The van der Waals surface area contributed by atoms with Crippen LogP contribution < -0.4 is 15.8 Å². The van der Waals surface area contributed by atoms with E-state index in [0.29, 0.717) is 0 Å². The SMILES string of the molecule is COc1cccc(C(C)NCC(O)C(N)=O)c1. The van der Waals surface area contributed by atoms with E-state index in [1.165, 1.54) is 0 Å². The van der Waals surface area contributed by atoms with Gasteiger partial charge in [0.15, 0.2) is 0 Å². The largest absolute Gasteiger partial charge is 0.497 e. The Kier molecular flexibility index (Phi) is 4.93. The van der Waals surface area contributed by atoms with Crippen molar-refractivity contribution in [1.82, 2.24) is 5.32 Å². The first kappa shape index (κ1) is 13.5. The average Bonchev–Trinajstić information content (AvgIpc) is 2.35. The highest BCUT2D eigenvalue weighted by Gasteiger charge is 2.13. The normalized spacial score (nSPS) is 14.1. The molecule has 0 radical (unpaired) electrons. The summed E-state index contributed by atoms with van der Waals surface area (Å²) in [5.74, 6) is 0.0435. The van der Waals surface area contributed by atoms with Crippen LogP contribution in [0.5, 0.6) is 5.75 Å². The monoisotopic (exact) mass is 238 g/mol. The van der Waals surface area contributed by atoms with Gasteiger partial charge in [-0.25, -0.2) is 0 Å². The second-order valence-electron chi connectivity index (χ2n) is 3.82. The molecule has 0 aliphatic carbocycles. The molecule has 5 heteroatoms. The van der Waals surface area contributed by atoms with Crippen LogP contribution in [0.15, 0.2) is 24.3 Å². The summed E-state index contributed by atoms with van der Waals surface area (Å²) in [6.45, 7) is 2.07. The number of hydrogen-bond donors (Lipinski definition) is 3. The van der Waals surface area contributed by atoms with Crippen molar-refractivity contribution in [3.8, 4) is 5.75 Å². The van der Waals surface area contributed by atoms with E-state index in [9.17, 15) is 9.90 Å². The Morgan fingerprint density at radius 2 is 2.29 bits per heavy atom. The lowest BCUT2D eigenvalue weighted by atomic mass is 10.1. The van der Waals surface area contributed by atoms with E-state index in [1.54, 1.807) is 7.11 Å². The van der Waals surface area contributed by atoms with Crippen LogP contribution in [0, 0.1) is 0 Å². The predicted octanol–water partition coefficient (Wildman–Crippen LogP) is 0.192. The first-order chi connectivity index (χ1) is 8.04. The van der Waals surface area contributed by atoms with Gasteiger partial charge in [0.05, 0.1) is 7.11 Å². The van der Waals surface area contributed by atoms with Crippen molar-refractivity contribution in [2.24, 2.45) is 5.73 Å². The van der Waals surface area contributed by atoms with Gasteiger partial charge in [-0.05, 0) is 24.6 Å². The van der Waals surface area contributed by atoms with Crippen molar-refractivity contribution >= 4 is 5.91 Å². The summed E-state index contributed by atoms with van der Waals surface area (Å²) in [5.41, 5.74) is 5.97. The number of aliphatic hydroxyl groups excluding tert-OH is 1. The lowest BCUT2D eigenvalue weighted by Crippen LogP contribution is -2.38. The molecule has 0 heterocycles. The zero-order chi connectivity index (χ0) is 12.8. The Balaban J connectivity index is 2.57. The molecule has 0 fully saturated rings. The minimum Gasteiger partial charge on any atom is -0.497 e. The molecule has 1 amide bonds. The number of hydrogen-bond acceptors (Lipinski definition) is 4. The van der Waals surface area contributed by atoms with Gasteiger partial charge in [0.1, 0.15) is 11.9 Å². The molecule has 0 aromatic heterocycles. The van der Waals surface area contributed by atoms with Gasteiger partial charge in [0.2, 0.25) is 5.91 Å². The Labute approximate surface area is 101 Å². The lowest BCUT2D eigenvalue weighted by molar-refractivity contribution is -0.125. The summed E-state index contributed by atoms with van der Waals surface area (Å²) in [4.78, 5) is 10.7. The van der Waals surface area contributed by atoms with Crippen LogP contribution >= 0.6 is 0 Å². The zero-order valence-corrected chi connectivity index (χ0v) is 10.0. The van der Waals surface area contributed by atoms with Crippen LogP contribution in [-0.2, 0) is 4.79 Å². The van der Waals surface area contributed by atoms with Crippen LogP contribution in [0.4, 0.5) is 0 Å². The van der Waals surface area contributed by atoms with Crippen molar-refractivity contribution in [2.45, 2.75) is 19.1 Å². The van der Waals surface area contributed by atoms with Crippen molar-refractivity contribution in [3.05, 3.63) is 29.8 Å². The number of primary amides is 1. The Bertz CT molecular complexity index is 382. The van der Waals surface area contributed by atoms with Gasteiger partial charge in [0.25, 0.3) is 0 Å². The molecule has 0 saturated carbocycles. The molecular formula is C12H18N2O3. The molecular weight excluding hydrogens is 220 g/mol. The van der Waals surface area contributed by atoms with Crippen LogP contribution in [0.1, 0.15) is 18.5 Å². The molecule has 1 aromatic carbocycles. The first-order valence-corrected chi connectivity index (χ1v) is 5.39. The second-order valence-corrected chi connectivity index (χ2v) is 3.82. The van der Waals surface area contributed by atoms with Crippen molar-refractivity contribution in [3.63, 3.8) is 0 Å². The number of carbonyl (C=O) groups excluding carboxylic acids is 1. The van der Waals surface area contributed by atoms with Gasteiger partial charge in [-0.2, -0.15) is 0 Å². The summed E-state index contributed by atoms with van der Waals surface area (Å²) in [5, 5.41) is 12.3. The fraction of sp³-hybridized carbons (Fsp3) is 0.417. The van der Waals surface area contributed by atoms with Gasteiger partial charge in [-0.15, -0.1) is 0 Å². The second kappa shape index (κ2) is 6.22. The third-order valence-corrected chi connectivity index (χ3v) is 2.54. The Morgan fingerprint density at radius 3 is 2.88 bits per heavy atom. The maximum atomic E-state index is 10.7. The lowest BCUT2D eigenvalue weighted by Gasteiger charge is -2.16. The Morgan fingerprint density at radius 1 is 1.59 bits per heavy atom. The van der Waals surface area contributed by atoms with Gasteiger partial charge in [-0.3, -0.25) is 4.79 Å². The number of ether oxygens (including phenoxy) is 1. The smallest absolute Gasteiger partial charge is 0.247 e. The third kappa shape index (κ3) is 4.05. The quantitative estimate of drug-likeness (QED) is 0.660. The number of nitrogens with one attached hydrogen (secondary N) is 1. The van der Waals surface area contributed by atoms with Gasteiger partial charge >= 0.3 is 0 Å². The van der Waals surface area contributed by atoms with Gasteiger partial charge in [-0.1, -0.05) is 12.1 Å². The fourth-order valence-corrected chi connectivity index (χ4v) is 1.42. The van der Waals surface area contributed by atoms with Gasteiger partial charge in [0, 0.05) is 12.6 Å². The summed E-state index contributed by atoms with van der Waals surface area (Å²) in [6.07, 6.45) is -1.16. The number of benzene rings is 1. The van der Waals surface area contributed by atoms with E-state index in [2.05, 4.69) is 5.32 Å². The van der Waals surface area contributed by atoms with Gasteiger partial charge < -0.3 is 20.9 Å². The molecule has 0 saturated heterocycles. The maximum absolute atomic E-state index is 10.7. The number of aliphatic hydroxyl groups is 1. The summed E-state index contributed by atoms with van der Waals surface area (Å²) >= 11 is 0. The molecule has 1 rings (SSSR count). The number of rotatable bonds is 6. The topological polar surface area (TPSA) is 84.6 Å². The summed E-state index contributed by atoms with van der Waals surface area (Å²) < 4.78 is 5.12. The zero-order valence-electron chi connectivity index (χ0n) is 10.0. The minimum atomic E-state index is -1.16. The summed E-state index contributed by atoms with van der Waals surface area (Å²) in [6, 6.07) is 7.58. The average molecular weight is 238 g/mol. The van der Waals surface area contributed by atoms with Crippen LogP contribution in [-0.4, -0.2) is 30.8 Å². The summed E-state index contributed by atoms with van der Waals surface area (Å²) in [7, 11) is 1.61. The number of methoxy groups -OCH3 is 1. The molecule has 2 unspecified atom stereocenters. The fourth-order valence-electron chi connectivity index (χ4n) is 1.42. The highest BCUT2D eigenvalue weighted by molar-refractivity contribution is 5.78. The Hall–Kier alpha value is -1.59. The highest BCUT2D eigenvalue weighted by Crippen LogP contribution is 2.18. The molecule has 17 heavy (non-hydrogen) atoms. The van der Waals surface area contributed by atoms with Crippen LogP contribution in [0.3, 0.4) is 0 Å². The van der Waals surface area contributed by atoms with Crippen molar-refractivity contribution < 1.29 is 14.6 Å². The van der Waals surface area contributed by atoms with E-state index in [0.717, 1.165) is 11.3 Å². The minimum absolute atomic E-state index is 0.000833. The number of carbonyl (C=O) groups is 1. The van der Waals surface area contributed by atoms with E-state index in [4.69, 9.17) is 10.5 Å². The maximum Gasteiger partial charge on any atom is 0.247 e. The predicted molar refractivity (Wildman–Crippen MR) is 64.6 cm³/mol. The van der Waals surface area contributed by atoms with E-state index < -0.39 is 12.0 Å². The first-order valence-electron chi connectivity index (χ1n) is 5.39. The molecule has 0 bridgehead atoms. The van der Waals surface area contributed by atoms with Crippen LogP contribution in [0.2, 0.25) is 0 Å². The standard InChI is InChI=1S/C12H18N2O3/c1-8(14-7-11(15)12(13)16)9-4-3-5-10(6-9)17-2/h3-6,8,11,14-15H,7H2,1-2H3,(H2,13,16). The van der Waals surface area contributed by atoms with Crippen molar-refractivity contribution in [2.75, 3.05) is 13.7 Å². The van der Waals surface area contributed by atoms with E-state index in [-0.39, 0.29) is 12.6 Å². The highest BCUT2D eigenvalue weighted by atomic mass is 16.5. The van der Waals surface area contributed by atoms with E-state index >= 15 is 0 Å². The molecule has 1 aromatic rings. The van der Waals surface area contributed by atoms with E-state index in [1.807, 2.05) is 31.2 Å². The van der Waals surface area contributed by atoms with Crippen LogP contribution in [0.25, 0.3) is 0 Å². The van der Waals surface area contributed by atoms with Crippen molar-refractivity contribution in [1.29, 1.82) is 0 Å². The molecule has 4 N–H and O–H groups in total. The molecule has 2 atom stereocenters. The molecule has 0 spiro atoms. The molecule has 94 valence electrons. The molecule has 0 aliphatic rings. The molecule has 5 nitrogen and oxygen atoms in total. The number of nitrogens with two attached hydrogens (primary N) is 1. The third-order valence-electron chi connectivity index (χ3n) is 2.54. The molecule has 0 aliphatic heterocycles.